The summed E-state index contributed by atoms with van der Waals surface area (Å²) < 4.78 is 0. The molecule has 0 aliphatic carbocycles. The fraction of sp³-hybridized carbons (Fsp3) is 0.455. The van der Waals surface area contributed by atoms with Crippen molar-refractivity contribution in [3.63, 3.8) is 0 Å². The van der Waals surface area contributed by atoms with E-state index < -0.39 is 12.2 Å². The molecule has 0 bridgehead atoms. The number of β-amino-alcohol motifs (C(OH)–C–C–N with tert-alkyl or cyclic N) is 1. The number of carbonyl (C=O) groups excluding carboxylic acids is 1. The predicted octanol–water partition coefficient (Wildman–Crippen LogP) is 2.15. The number of rotatable bonds is 5. The molecule has 0 saturated carbocycles. The first kappa shape index (κ1) is 21.0. The molecular weight excluding hydrogens is 398 g/mol. The highest BCUT2D eigenvalue weighted by Crippen LogP contribution is 2.21. The average molecular weight is 425 g/mol. The minimum atomic E-state index is -0.847. The van der Waals surface area contributed by atoms with Gasteiger partial charge in [-0.3, -0.25) is 9.78 Å². The van der Waals surface area contributed by atoms with Crippen LogP contribution in [0.2, 0.25) is 0 Å². The third-order valence-corrected chi connectivity index (χ3v) is 5.99. The lowest BCUT2D eigenvalue weighted by Crippen LogP contribution is -2.39. The van der Waals surface area contributed by atoms with Crippen molar-refractivity contribution in [2.24, 2.45) is 5.92 Å². The summed E-state index contributed by atoms with van der Waals surface area (Å²) in [5.41, 5.74) is 2.19. The lowest BCUT2D eigenvalue weighted by atomic mass is 9.97. The lowest BCUT2D eigenvalue weighted by molar-refractivity contribution is 0.0765. The van der Waals surface area contributed by atoms with Crippen LogP contribution in [0.5, 0.6) is 0 Å². The molecule has 4 rings (SSSR count). The van der Waals surface area contributed by atoms with Crippen molar-refractivity contribution in [3.8, 4) is 11.3 Å². The Kier molecular flexibility index (Phi) is 6.31. The summed E-state index contributed by atoms with van der Waals surface area (Å²) in [6.45, 7) is 2.86. The van der Waals surface area contributed by atoms with Crippen LogP contribution in [-0.4, -0.2) is 80.8 Å². The molecule has 0 radical (unpaired) electrons. The lowest BCUT2D eigenvalue weighted by Gasteiger charge is -2.30. The molecule has 1 aromatic carbocycles. The molecule has 9 nitrogen and oxygen atoms in total. The summed E-state index contributed by atoms with van der Waals surface area (Å²) in [6.07, 6.45) is 4.42. The van der Waals surface area contributed by atoms with E-state index in [1.807, 2.05) is 12.1 Å². The molecular formula is C22H27N5O4. The molecule has 1 unspecified atom stereocenters. The number of hydrogen-bond acceptors (Lipinski definition) is 6. The number of carbonyl (C=O) groups is 2. The van der Waals surface area contributed by atoms with Gasteiger partial charge in [-0.25, -0.2) is 9.78 Å². The number of amides is 2. The molecule has 1 atom stereocenters. The van der Waals surface area contributed by atoms with Crippen molar-refractivity contribution in [1.29, 1.82) is 0 Å². The summed E-state index contributed by atoms with van der Waals surface area (Å²) in [4.78, 5) is 35.5. The number of nitrogens with zero attached hydrogens (tertiary/aromatic N) is 4. The van der Waals surface area contributed by atoms with Crippen LogP contribution in [0.1, 0.15) is 29.6 Å². The molecule has 31 heavy (non-hydrogen) atoms. The molecule has 2 saturated heterocycles. The van der Waals surface area contributed by atoms with Crippen LogP contribution in [-0.2, 0) is 0 Å². The van der Waals surface area contributed by atoms with Crippen LogP contribution in [0.25, 0.3) is 11.3 Å². The quantitative estimate of drug-likeness (QED) is 0.672. The Bertz CT molecular complexity index is 911. The highest BCUT2D eigenvalue weighted by atomic mass is 16.4. The van der Waals surface area contributed by atoms with E-state index in [9.17, 15) is 14.7 Å². The van der Waals surface area contributed by atoms with Gasteiger partial charge in [0.15, 0.2) is 0 Å². The van der Waals surface area contributed by atoms with Crippen molar-refractivity contribution >= 4 is 17.8 Å². The monoisotopic (exact) mass is 425 g/mol. The van der Waals surface area contributed by atoms with Crippen LogP contribution in [0.3, 0.4) is 0 Å². The molecule has 9 heteroatoms. The number of anilines is 1. The van der Waals surface area contributed by atoms with E-state index in [0.29, 0.717) is 49.9 Å². The van der Waals surface area contributed by atoms with Crippen LogP contribution in [0.15, 0.2) is 36.7 Å². The number of hydrogen-bond donors (Lipinski definition) is 3. The van der Waals surface area contributed by atoms with Gasteiger partial charge in [-0.2, -0.15) is 0 Å². The van der Waals surface area contributed by atoms with Crippen molar-refractivity contribution in [2.75, 3.05) is 38.0 Å². The first-order valence-corrected chi connectivity index (χ1v) is 10.6. The summed E-state index contributed by atoms with van der Waals surface area (Å²) >= 11 is 0. The van der Waals surface area contributed by atoms with Gasteiger partial charge in [0, 0.05) is 43.9 Å². The SMILES string of the molecule is O=C(O)N1CCC(CNc2cnc(-c3ccc(C(=O)N4CCC(O)C4)cc3)cn2)CC1. The third-order valence-electron chi connectivity index (χ3n) is 5.99. The third kappa shape index (κ3) is 5.11. The average Bonchev–Trinajstić information content (AvgIpc) is 3.24. The smallest absolute Gasteiger partial charge is 0.407 e. The van der Waals surface area contributed by atoms with Crippen molar-refractivity contribution in [3.05, 3.63) is 42.2 Å². The van der Waals surface area contributed by atoms with Crippen LogP contribution in [0, 0.1) is 5.92 Å². The second-order valence-corrected chi connectivity index (χ2v) is 8.15. The summed E-state index contributed by atoms with van der Waals surface area (Å²) in [5, 5.41) is 21.9. The summed E-state index contributed by atoms with van der Waals surface area (Å²) in [5.74, 6) is 1.03. The predicted molar refractivity (Wildman–Crippen MR) is 115 cm³/mol. The minimum Gasteiger partial charge on any atom is -0.465 e. The van der Waals surface area contributed by atoms with Gasteiger partial charge in [0.05, 0.1) is 24.2 Å². The van der Waals surface area contributed by atoms with Gasteiger partial charge in [-0.15, -0.1) is 0 Å². The molecule has 2 fully saturated rings. The highest BCUT2D eigenvalue weighted by Gasteiger charge is 2.25. The Balaban J connectivity index is 1.30. The zero-order chi connectivity index (χ0) is 21.8. The van der Waals surface area contributed by atoms with Crippen molar-refractivity contribution in [2.45, 2.75) is 25.4 Å². The van der Waals surface area contributed by atoms with E-state index in [1.54, 1.807) is 29.4 Å². The van der Waals surface area contributed by atoms with Gasteiger partial charge in [-0.1, -0.05) is 12.1 Å². The number of aliphatic hydroxyl groups is 1. The number of aromatic nitrogens is 2. The maximum absolute atomic E-state index is 12.5. The van der Waals surface area contributed by atoms with Gasteiger partial charge in [-0.05, 0) is 37.3 Å². The molecule has 3 heterocycles. The van der Waals surface area contributed by atoms with Crippen LogP contribution in [0.4, 0.5) is 10.6 Å². The van der Waals surface area contributed by atoms with E-state index in [4.69, 9.17) is 5.11 Å². The molecule has 0 spiro atoms. The number of likely N-dealkylation sites (tertiary alicyclic amines) is 2. The first-order valence-electron chi connectivity index (χ1n) is 10.6. The number of benzene rings is 1. The standard InChI is InChI=1S/C22H27N5O4/c28-18-7-10-27(14-18)21(29)17-3-1-16(2-4-17)19-12-25-20(13-23-19)24-11-15-5-8-26(9-6-15)22(30)31/h1-4,12-13,15,18,28H,5-11,14H2,(H,24,25)(H,30,31). The molecule has 164 valence electrons. The maximum Gasteiger partial charge on any atom is 0.407 e. The summed E-state index contributed by atoms with van der Waals surface area (Å²) in [6, 6.07) is 7.26. The van der Waals surface area contributed by atoms with Gasteiger partial charge in [0.1, 0.15) is 5.82 Å². The molecule has 2 amide bonds. The fourth-order valence-electron chi connectivity index (χ4n) is 4.04. The number of aliphatic hydroxyl groups excluding tert-OH is 1. The van der Waals surface area contributed by atoms with Crippen LogP contribution < -0.4 is 5.32 Å². The first-order chi connectivity index (χ1) is 15.0. The maximum atomic E-state index is 12.5. The normalized spacial score (nSPS) is 19.5. The second kappa shape index (κ2) is 9.30. The largest absolute Gasteiger partial charge is 0.465 e. The number of nitrogens with one attached hydrogen (secondary N) is 1. The zero-order valence-electron chi connectivity index (χ0n) is 17.3. The van der Waals surface area contributed by atoms with Gasteiger partial charge in [0.25, 0.3) is 5.91 Å². The highest BCUT2D eigenvalue weighted by molar-refractivity contribution is 5.94. The number of piperidine rings is 1. The Morgan fingerprint density at radius 2 is 1.71 bits per heavy atom. The molecule has 2 aromatic rings. The van der Waals surface area contributed by atoms with Crippen LogP contribution >= 0.6 is 0 Å². The molecule has 3 N–H and O–H groups in total. The minimum absolute atomic E-state index is 0.0667. The van der Waals surface area contributed by atoms with Gasteiger partial charge >= 0.3 is 6.09 Å². The van der Waals surface area contributed by atoms with E-state index >= 15 is 0 Å². The van der Waals surface area contributed by atoms with E-state index in [2.05, 4.69) is 15.3 Å². The van der Waals surface area contributed by atoms with E-state index in [1.165, 1.54) is 4.90 Å². The molecule has 1 aromatic heterocycles. The van der Waals surface area contributed by atoms with Gasteiger partial charge < -0.3 is 25.3 Å². The van der Waals surface area contributed by atoms with Gasteiger partial charge in [0.2, 0.25) is 0 Å². The number of carboxylic acid groups (broad SMARTS) is 1. The summed E-state index contributed by atoms with van der Waals surface area (Å²) in [7, 11) is 0. The molecule has 2 aliphatic heterocycles. The van der Waals surface area contributed by atoms with E-state index in [-0.39, 0.29) is 5.91 Å². The Labute approximate surface area is 180 Å². The van der Waals surface area contributed by atoms with E-state index in [0.717, 1.165) is 30.6 Å². The second-order valence-electron chi connectivity index (χ2n) is 8.15. The zero-order valence-corrected chi connectivity index (χ0v) is 17.3. The fourth-order valence-corrected chi connectivity index (χ4v) is 4.04. The Hall–Kier alpha value is -3.20. The Morgan fingerprint density at radius 3 is 2.29 bits per heavy atom. The Morgan fingerprint density at radius 1 is 1.00 bits per heavy atom. The molecule has 2 aliphatic rings. The topological polar surface area (TPSA) is 119 Å². The van der Waals surface area contributed by atoms with Crippen molar-refractivity contribution in [1.82, 2.24) is 19.8 Å². The van der Waals surface area contributed by atoms with Crippen molar-refractivity contribution < 1.29 is 19.8 Å².